The highest BCUT2D eigenvalue weighted by Gasteiger charge is 2.25. The van der Waals surface area contributed by atoms with E-state index < -0.39 is 0 Å². The molecule has 2 amide bonds. The van der Waals surface area contributed by atoms with Crippen LogP contribution in [0.4, 0.5) is 0 Å². The summed E-state index contributed by atoms with van der Waals surface area (Å²) in [5.41, 5.74) is 3.29. The molecule has 0 aliphatic carbocycles. The molecule has 0 saturated carbocycles. The minimum Gasteiger partial charge on any atom is -0.355 e. The summed E-state index contributed by atoms with van der Waals surface area (Å²) in [6.45, 7) is 12.3. The SMILES string of the molecule is CCCn1c(C)cc(/C=C(\C#N)C(=O)N2CCN(CC(=O)NCC)CC2)c1C. The van der Waals surface area contributed by atoms with Gasteiger partial charge in [-0.2, -0.15) is 5.26 Å². The number of rotatable bonds is 7. The minimum absolute atomic E-state index is 0.00215. The average Bonchev–Trinajstić information content (AvgIpc) is 2.94. The molecular formula is C21H31N5O2. The molecule has 1 aromatic rings. The molecule has 7 heteroatoms. The van der Waals surface area contributed by atoms with Crippen LogP contribution in [0.15, 0.2) is 11.6 Å². The third kappa shape index (κ3) is 5.23. The van der Waals surface area contributed by atoms with Gasteiger partial charge in [0.05, 0.1) is 6.54 Å². The Kier molecular flexibility index (Phi) is 7.82. The van der Waals surface area contributed by atoms with E-state index in [1.165, 1.54) is 0 Å². The molecule has 0 radical (unpaired) electrons. The first-order chi connectivity index (χ1) is 13.4. The second-order valence-electron chi connectivity index (χ2n) is 7.17. The first kappa shape index (κ1) is 21.7. The quantitative estimate of drug-likeness (QED) is 0.572. The third-order valence-electron chi connectivity index (χ3n) is 5.11. The van der Waals surface area contributed by atoms with Crippen molar-refractivity contribution in [1.82, 2.24) is 19.7 Å². The first-order valence-corrected chi connectivity index (χ1v) is 9.98. The summed E-state index contributed by atoms with van der Waals surface area (Å²) in [5.74, 6) is -0.234. The second kappa shape index (κ2) is 10.1. The Balaban J connectivity index is 2.05. The van der Waals surface area contributed by atoms with Gasteiger partial charge < -0.3 is 14.8 Å². The highest BCUT2D eigenvalue weighted by atomic mass is 16.2. The van der Waals surface area contributed by atoms with Crippen LogP contribution in [0.1, 0.15) is 37.2 Å². The van der Waals surface area contributed by atoms with Crippen LogP contribution in [-0.2, 0) is 16.1 Å². The van der Waals surface area contributed by atoms with E-state index in [9.17, 15) is 14.9 Å². The molecule has 0 aromatic carbocycles. The summed E-state index contributed by atoms with van der Waals surface area (Å²) in [6.07, 6.45) is 2.74. The Hall–Kier alpha value is -2.59. The topological polar surface area (TPSA) is 81.4 Å². The molecule has 1 aliphatic heterocycles. The van der Waals surface area contributed by atoms with Crippen LogP contribution in [0.25, 0.3) is 6.08 Å². The van der Waals surface area contributed by atoms with Crippen molar-refractivity contribution in [2.75, 3.05) is 39.3 Å². The smallest absolute Gasteiger partial charge is 0.264 e. The van der Waals surface area contributed by atoms with Gasteiger partial charge in [0.2, 0.25) is 5.91 Å². The molecule has 152 valence electrons. The summed E-state index contributed by atoms with van der Waals surface area (Å²) in [5, 5.41) is 12.3. The molecule has 1 aromatic heterocycles. The van der Waals surface area contributed by atoms with Crippen LogP contribution < -0.4 is 5.32 Å². The van der Waals surface area contributed by atoms with Crippen LogP contribution >= 0.6 is 0 Å². The first-order valence-electron chi connectivity index (χ1n) is 9.98. The summed E-state index contributed by atoms with van der Waals surface area (Å²) in [6, 6.07) is 4.11. The number of aromatic nitrogens is 1. The zero-order chi connectivity index (χ0) is 20.7. The monoisotopic (exact) mass is 385 g/mol. The van der Waals surface area contributed by atoms with E-state index in [2.05, 4.69) is 22.9 Å². The number of likely N-dealkylation sites (N-methyl/N-ethyl adjacent to an activating group) is 1. The lowest BCUT2D eigenvalue weighted by Crippen LogP contribution is -2.51. The fraction of sp³-hybridized carbons (Fsp3) is 0.571. The molecule has 0 spiro atoms. The lowest BCUT2D eigenvalue weighted by atomic mass is 10.1. The van der Waals surface area contributed by atoms with Gasteiger partial charge in [-0.1, -0.05) is 6.92 Å². The Bertz CT molecular complexity index is 779. The lowest BCUT2D eigenvalue weighted by Gasteiger charge is -2.34. The molecular weight excluding hydrogens is 354 g/mol. The van der Waals surface area contributed by atoms with E-state index in [-0.39, 0.29) is 17.4 Å². The van der Waals surface area contributed by atoms with E-state index >= 15 is 0 Å². The van der Waals surface area contributed by atoms with Gasteiger partial charge in [0.1, 0.15) is 11.6 Å². The number of carbonyl (C=O) groups is 2. The normalized spacial score (nSPS) is 15.4. The molecule has 28 heavy (non-hydrogen) atoms. The van der Waals surface area contributed by atoms with E-state index in [1.54, 1.807) is 11.0 Å². The molecule has 1 N–H and O–H groups in total. The number of nitrogens with one attached hydrogen (secondary N) is 1. The van der Waals surface area contributed by atoms with Gasteiger partial charge in [-0.05, 0) is 44.9 Å². The van der Waals surface area contributed by atoms with Gasteiger partial charge in [0.25, 0.3) is 5.91 Å². The maximum absolute atomic E-state index is 12.8. The summed E-state index contributed by atoms with van der Waals surface area (Å²) < 4.78 is 2.21. The van der Waals surface area contributed by atoms with Crippen LogP contribution in [0.3, 0.4) is 0 Å². The maximum atomic E-state index is 12.8. The average molecular weight is 386 g/mol. The molecule has 0 unspecified atom stereocenters. The van der Waals surface area contributed by atoms with E-state index in [0.29, 0.717) is 39.3 Å². The van der Waals surface area contributed by atoms with E-state index in [0.717, 1.165) is 29.9 Å². The van der Waals surface area contributed by atoms with Gasteiger partial charge in [-0.25, -0.2) is 0 Å². The molecule has 2 rings (SSSR count). The van der Waals surface area contributed by atoms with Gasteiger partial charge in [0.15, 0.2) is 0 Å². The van der Waals surface area contributed by atoms with Gasteiger partial charge in [-0.3, -0.25) is 14.5 Å². The Morgan fingerprint density at radius 3 is 2.46 bits per heavy atom. The molecule has 1 aliphatic rings. The summed E-state index contributed by atoms with van der Waals surface area (Å²) in [7, 11) is 0. The Morgan fingerprint density at radius 2 is 1.89 bits per heavy atom. The van der Waals surface area contributed by atoms with Crippen molar-refractivity contribution in [1.29, 1.82) is 5.26 Å². The number of nitriles is 1. The lowest BCUT2D eigenvalue weighted by molar-refractivity contribution is -0.128. The Morgan fingerprint density at radius 1 is 1.21 bits per heavy atom. The highest BCUT2D eigenvalue weighted by Crippen LogP contribution is 2.19. The zero-order valence-corrected chi connectivity index (χ0v) is 17.4. The number of piperazine rings is 1. The van der Waals surface area contributed by atoms with Crippen molar-refractivity contribution in [3.05, 3.63) is 28.6 Å². The van der Waals surface area contributed by atoms with Crippen molar-refractivity contribution in [3.63, 3.8) is 0 Å². The fourth-order valence-electron chi connectivity index (χ4n) is 3.57. The van der Waals surface area contributed by atoms with Gasteiger partial charge in [0, 0.05) is 50.7 Å². The van der Waals surface area contributed by atoms with Crippen molar-refractivity contribution in [3.8, 4) is 6.07 Å². The van der Waals surface area contributed by atoms with Gasteiger partial charge >= 0.3 is 0 Å². The number of aryl methyl sites for hydroxylation is 1. The van der Waals surface area contributed by atoms with E-state index in [4.69, 9.17) is 0 Å². The van der Waals surface area contributed by atoms with Crippen molar-refractivity contribution in [2.45, 2.75) is 40.7 Å². The number of nitrogens with zero attached hydrogens (tertiary/aromatic N) is 4. The number of carbonyl (C=O) groups excluding carboxylic acids is 2. The minimum atomic E-state index is -0.236. The van der Waals surface area contributed by atoms with Crippen LogP contribution in [0.5, 0.6) is 0 Å². The van der Waals surface area contributed by atoms with Crippen molar-refractivity contribution in [2.24, 2.45) is 0 Å². The molecule has 7 nitrogen and oxygen atoms in total. The van der Waals surface area contributed by atoms with Crippen molar-refractivity contribution >= 4 is 17.9 Å². The fourth-order valence-corrected chi connectivity index (χ4v) is 3.57. The second-order valence-corrected chi connectivity index (χ2v) is 7.17. The number of hydrogen-bond acceptors (Lipinski definition) is 4. The van der Waals surface area contributed by atoms with Gasteiger partial charge in [-0.15, -0.1) is 0 Å². The number of hydrogen-bond donors (Lipinski definition) is 1. The van der Waals surface area contributed by atoms with Crippen molar-refractivity contribution < 1.29 is 9.59 Å². The molecule has 0 atom stereocenters. The van der Waals surface area contributed by atoms with E-state index in [1.807, 2.05) is 31.7 Å². The predicted molar refractivity (Wildman–Crippen MR) is 109 cm³/mol. The molecule has 2 heterocycles. The number of amides is 2. The van der Waals surface area contributed by atoms with Crippen LogP contribution in [-0.4, -0.2) is 65.4 Å². The molecule has 0 bridgehead atoms. The third-order valence-corrected chi connectivity index (χ3v) is 5.11. The summed E-state index contributed by atoms with van der Waals surface area (Å²) in [4.78, 5) is 28.3. The summed E-state index contributed by atoms with van der Waals surface area (Å²) >= 11 is 0. The highest BCUT2D eigenvalue weighted by molar-refractivity contribution is 6.01. The Labute approximate surface area is 167 Å². The molecule has 1 saturated heterocycles. The predicted octanol–water partition coefficient (Wildman–Crippen LogP) is 1.70. The zero-order valence-electron chi connectivity index (χ0n) is 17.4. The van der Waals surface area contributed by atoms with Crippen LogP contribution in [0, 0.1) is 25.2 Å². The largest absolute Gasteiger partial charge is 0.355 e. The maximum Gasteiger partial charge on any atom is 0.264 e. The molecule has 1 fully saturated rings. The van der Waals surface area contributed by atoms with Crippen LogP contribution in [0.2, 0.25) is 0 Å². The standard InChI is InChI=1S/C21H31N5O2/c1-5-7-26-16(3)12-18(17(26)4)13-19(14-22)21(28)25-10-8-24(9-11-25)15-20(27)23-6-2/h12-13H,5-11,15H2,1-4H3,(H,23,27)/b19-13+.